The number of hydrogen-bond acceptors (Lipinski definition) is 2. The van der Waals surface area contributed by atoms with Gasteiger partial charge in [0.05, 0.1) is 5.60 Å². The van der Waals surface area contributed by atoms with E-state index in [-0.39, 0.29) is 6.04 Å². The molecule has 0 rings (SSSR count). The van der Waals surface area contributed by atoms with Gasteiger partial charge in [0.15, 0.2) is 0 Å². The highest BCUT2D eigenvalue weighted by molar-refractivity contribution is 6.78. The van der Waals surface area contributed by atoms with Gasteiger partial charge in [0.1, 0.15) is 0 Å². The van der Waals surface area contributed by atoms with Crippen molar-refractivity contribution in [3.05, 3.63) is 0 Å². The first-order valence-electron chi connectivity index (χ1n) is 10.3. The number of aliphatic hydroxyl groups is 1. The molecule has 0 saturated carbocycles. The average Bonchev–Trinajstić information content (AvgIpc) is 2.32. The summed E-state index contributed by atoms with van der Waals surface area (Å²) in [5, 5.41) is 11.3. The SMILES string of the molecule is CCCCCCCCC[C@H](N)CC(O)(C[Si](C)(C)C)C[Si](C)(C)C. The minimum Gasteiger partial charge on any atom is -0.390 e. The first kappa shape index (κ1) is 24.4. The lowest BCUT2D eigenvalue weighted by atomic mass is 9.95. The second-order valence-electron chi connectivity index (χ2n) is 10.6. The monoisotopic (exact) mass is 373 g/mol. The van der Waals surface area contributed by atoms with E-state index in [4.69, 9.17) is 5.73 Å². The summed E-state index contributed by atoms with van der Waals surface area (Å²) in [6.45, 7) is 16.5. The molecule has 0 saturated heterocycles. The molecule has 0 aromatic rings. The Hall–Kier alpha value is 0.354. The molecule has 0 radical (unpaired) electrons. The second-order valence-corrected chi connectivity index (χ2v) is 21.5. The van der Waals surface area contributed by atoms with Crippen molar-refractivity contribution in [1.29, 1.82) is 0 Å². The second kappa shape index (κ2) is 11.1. The van der Waals surface area contributed by atoms with Crippen molar-refractivity contribution >= 4 is 16.1 Å². The summed E-state index contributed by atoms with van der Waals surface area (Å²) in [6.07, 6.45) is 11.2. The van der Waals surface area contributed by atoms with Gasteiger partial charge in [-0.05, 0) is 24.9 Å². The van der Waals surface area contributed by atoms with Crippen LogP contribution in [0.1, 0.15) is 64.7 Å². The molecule has 24 heavy (non-hydrogen) atoms. The van der Waals surface area contributed by atoms with Crippen molar-refractivity contribution in [3.8, 4) is 0 Å². The summed E-state index contributed by atoms with van der Waals surface area (Å²) in [7, 11) is -2.60. The lowest BCUT2D eigenvalue weighted by Gasteiger charge is -2.39. The fourth-order valence-corrected chi connectivity index (χ4v) is 8.87. The number of unbranched alkanes of at least 4 members (excludes halogenated alkanes) is 6. The van der Waals surface area contributed by atoms with E-state index in [0.717, 1.165) is 24.9 Å². The summed E-state index contributed by atoms with van der Waals surface area (Å²) in [5.74, 6) is 0. The predicted molar refractivity (Wildman–Crippen MR) is 116 cm³/mol. The third-order valence-corrected chi connectivity index (χ3v) is 7.98. The van der Waals surface area contributed by atoms with Gasteiger partial charge >= 0.3 is 0 Å². The Bertz CT molecular complexity index is 305. The molecule has 0 aliphatic rings. The highest BCUT2D eigenvalue weighted by Crippen LogP contribution is 2.34. The van der Waals surface area contributed by atoms with Crippen molar-refractivity contribution in [2.45, 2.75) is 128 Å². The zero-order valence-corrected chi connectivity index (χ0v) is 19.9. The average molecular weight is 374 g/mol. The van der Waals surface area contributed by atoms with E-state index in [1.165, 1.54) is 44.9 Å². The van der Waals surface area contributed by atoms with Crippen LogP contribution in [0.2, 0.25) is 51.4 Å². The topological polar surface area (TPSA) is 46.2 Å². The van der Waals surface area contributed by atoms with Crippen LogP contribution in [0.25, 0.3) is 0 Å². The minimum atomic E-state index is -1.30. The van der Waals surface area contributed by atoms with Gasteiger partial charge in [-0.25, -0.2) is 0 Å². The Balaban J connectivity index is 4.32. The fraction of sp³-hybridized carbons (Fsp3) is 1.00. The van der Waals surface area contributed by atoms with Crippen LogP contribution >= 0.6 is 0 Å². The summed E-state index contributed by atoms with van der Waals surface area (Å²) < 4.78 is 0. The molecule has 0 unspecified atom stereocenters. The third kappa shape index (κ3) is 14.7. The van der Waals surface area contributed by atoms with E-state index >= 15 is 0 Å². The maximum absolute atomic E-state index is 11.3. The molecule has 0 amide bonds. The molecule has 2 nitrogen and oxygen atoms in total. The first-order chi connectivity index (χ1) is 10.9. The van der Waals surface area contributed by atoms with Crippen molar-refractivity contribution in [2.24, 2.45) is 5.73 Å². The van der Waals surface area contributed by atoms with Gasteiger partial charge in [-0.2, -0.15) is 0 Å². The minimum absolute atomic E-state index is 0.165. The zero-order valence-electron chi connectivity index (χ0n) is 17.9. The summed E-state index contributed by atoms with van der Waals surface area (Å²) in [5.41, 5.74) is 5.91. The van der Waals surface area contributed by atoms with Crippen molar-refractivity contribution < 1.29 is 5.11 Å². The Kier molecular flexibility index (Phi) is 11.3. The molecule has 0 spiro atoms. The highest BCUT2D eigenvalue weighted by atomic mass is 28.3. The van der Waals surface area contributed by atoms with Gasteiger partial charge < -0.3 is 10.8 Å². The van der Waals surface area contributed by atoms with Gasteiger partial charge in [0.25, 0.3) is 0 Å². The maximum Gasteiger partial charge on any atom is 0.0616 e. The smallest absolute Gasteiger partial charge is 0.0616 e. The van der Waals surface area contributed by atoms with Crippen LogP contribution in [0.15, 0.2) is 0 Å². The van der Waals surface area contributed by atoms with Crippen LogP contribution < -0.4 is 5.73 Å². The van der Waals surface area contributed by atoms with E-state index in [1.54, 1.807) is 0 Å². The Morgan fingerprint density at radius 1 is 0.792 bits per heavy atom. The molecule has 0 aliphatic carbocycles. The summed E-state index contributed by atoms with van der Waals surface area (Å²) in [4.78, 5) is 0. The molecule has 0 aromatic carbocycles. The Labute approximate surface area is 155 Å². The normalized spacial score (nSPS) is 14.9. The molecular weight excluding hydrogens is 326 g/mol. The molecule has 0 fully saturated rings. The van der Waals surface area contributed by atoms with Gasteiger partial charge in [0.2, 0.25) is 0 Å². The van der Waals surface area contributed by atoms with Crippen LogP contribution in [-0.4, -0.2) is 32.9 Å². The fourth-order valence-electron chi connectivity index (χ4n) is 4.13. The van der Waals surface area contributed by atoms with Gasteiger partial charge in [-0.1, -0.05) is 91.2 Å². The van der Waals surface area contributed by atoms with Crippen molar-refractivity contribution in [2.75, 3.05) is 0 Å². The quantitative estimate of drug-likeness (QED) is 0.279. The van der Waals surface area contributed by atoms with Crippen molar-refractivity contribution in [1.82, 2.24) is 0 Å². The molecule has 146 valence electrons. The van der Waals surface area contributed by atoms with E-state index < -0.39 is 21.7 Å². The van der Waals surface area contributed by atoms with Crippen LogP contribution in [0, 0.1) is 0 Å². The molecule has 0 heterocycles. The Morgan fingerprint density at radius 2 is 1.21 bits per heavy atom. The molecule has 0 bridgehead atoms. The van der Waals surface area contributed by atoms with Crippen LogP contribution in [0.3, 0.4) is 0 Å². The third-order valence-electron chi connectivity index (χ3n) is 4.54. The highest BCUT2D eigenvalue weighted by Gasteiger charge is 2.38. The Morgan fingerprint density at radius 3 is 1.62 bits per heavy atom. The van der Waals surface area contributed by atoms with Gasteiger partial charge in [0, 0.05) is 22.2 Å². The number of rotatable bonds is 14. The van der Waals surface area contributed by atoms with E-state index in [9.17, 15) is 5.11 Å². The van der Waals surface area contributed by atoms with Gasteiger partial charge in [-0.3, -0.25) is 0 Å². The largest absolute Gasteiger partial charge is 0.390 e. The number of hydrogen-bond donors (Lipinski definition) is 2. The first-order valence-corrected chi connectivity index (χ1v) is 17.8. The molecular formula is C20H47NOSi2. The zero-order chi connectivity index (χ0) is 18.9. The summed E-state index contributed by atoms with van der Waals surface area (Å²) >= 11 is 0. The van der Waals surface area contributed by atoms with E-state index in [1.807, 2.05) is 0 Å². The maximum atomic E-state index is 11.3. The van der Waals surface area contributed by atoms with E-state index in [0.29, 0.717) is 0 Å². The lowest BCUT2D eigenvalue weighted by Crippen LogP contribution is -2.46. The lowest BCUT2D eigenvalue weighted by molar-refractivity contribution is 0.0597. The van der Waals surface area contributed by atoms with Gasteiger partial charge in [-0.15, -0.1) is 0 Å². The molecule has 0 aliphatic heterocycles. The molecule has 4 heteroatoms. The molecule has 3 N–H and O–H groups in total. The predicted octanol–water partition coefficient (Wildman–Crippen LogP) is 6.25. The standard InChI is InChI=1S/C20H47NOSi2/c1-8-9-10-11-12-13-14-15-19(21)16-20(22,17-23(2,3)4)18-24(5,6)7/h19,22H,8-18,21H2,1-7H3/t19-/m0/s1. The summed E-state index contributed by atoms with van der Waals surface area (Å²) in [6, 6.07) is 2.16. The molecule has 1 atom stereocenters. The van der Waals surface area contributed by atoms with Crippen LogP contribution in [0.4, 0.5) is 0 Å². The van der Waals surface area contributed by atoms with Crippen molar-refractivity contribution in [3.63, 3.8) is 0 Å². The molecule has 0 aromatic heterocycles. The van der Waals surface area contributed by atoms with Crippen LogP contribution in [-0.2, 0) is 0 Å². The van der Waals surface area contributed by atoms with Crippen LogP contribution in [0.5, 0.6) is 0 Å². The number of nitrogens with two attached hydrogens (primary N) is 1. The van der Waals surface area contributed by atoms with E-state index in [2.05, 4.69) is 46.2 Å².